The van der Waals surface area contributed by atoms with Crippen LogP contribution in [0.3, 0.4) is 0 Å². The van der Waals surface area contributed by atoms with E-state index in [1.807, 2.05) is 19.4 Å². The molecule has 0 saturated carbocycles. The van der Waals surface area contributed by atoms with E-state index in [1.165, 1.54) is 57.8 Å². The van der Waals surface area contributed by atoms with E-state index in [2.05, 4.69) is 28.8 Å². The number of hydrogen-bond acceptors (Lipinski definition) is 2. The van der Waals surface area contributed by atoms with E-state index < -0.39 is 0 Å². The number of rotatable bonds is 11. The molecule has 1 aromatic rings. The van der Waals surface area contributed by atoms with Gasteiger partial charge in [-0.15, -0.1) is 0 Å². The van der Waals surface area contributed by atoms with Gasteiger partial charge in [-0.05, 0) is 13.5 Å². The van der Waals surface area contributed by atoms with Crippen molar-refractivity contribution in [2.24, 2.45) is 7.05 Å². The minimum atomic E-state index is 0.403. The van der Waals surface area contributed by atoms with Gasteiger partial charge in [0.15, 0.2) is 0 Å². The topological polar surface area (TPSA) is 29.9 Å². The third kappa shape index (κ3) is 6.24. The smallest absolute Gasteiger partial charge is 0.125 e. The fourth-order valence-electron chi connectivity index (χ4n) is 2.60. The van der Waals surface area contributed by atoms with E-state index in [-0.39, 0.29) is 0 Å². The molecule has 1 rings (SSSR count). The predicted molar refractivity (Wildman–Crippen MR) is 82.2 cm³/mol. The second-order valence-corrected chi connectivity index (χ2v) is 5.50. The van der Waals surface area contributed by atoms with Gasteiger partial charge in [0, 0.05) is 19.4 Å². The fourth-order valence-corrected chi connectivity index (χ4v) is 2.60. The minimum Gasteiger partial charge on any atom is -0.337 e. The van der Waals surface area contributed by atoms with Gasteiger partial charge in [-0.3, -0.25) is 0 Å². The van der Waals surface area contributed by atoms with Crippen molar-refractivity contribution in [3.05, 3.63) is 18.2 Å². The van der Waals surface area contributed by atoms with Crippen molar-refractivity contribution in [3.8, 4) is 0 Å². The van der Waals surface area contributed by atoms with Gasteiger partial charge >= 0.3 is 0 Å². The Hall–Kier alpha value is -0.830. The molecule has 3 nitrogen and oxygen atoms in total. The first kappa shape index (κ1) is 16.2. The predicted octanol–water partition coefficient (Wildman–Crippen LogP) is 4.21. The molecule has 110 valence electrons. The molecule has 0 amide bonds. The number of nitrogens with one attached hydrogen (secondary N) is 1. The summed E-state index contributed by atoms with van der Waals surface area (Å²) >= 11 is 0. The molecule has 1 heterocycles. The zero-order valence-corrected chi connectivity index (χ0v) is 13.0. The van der Waals surface area contributed by atoms with Crippen molar-refractivity contribution in [2.75, 3.05) is 7.05 Å². The van der Waals surface area contributed by atoms with Crippen LogP contribution in [0.2, 0.25) is 0 Å². The van der Waals surface area contributed by atoms with Crippen molar-refractivity contribution in [2.45, 2.75) is 70.8 Å². The van der Waals surface area contributed by atoms with Crippen molar-refractivity contribution >= 4 is 0 Å². The molecule has 0 aliphatic rings. The van der Waals surface area contributed by atoms with Crippen molar-refractivity contribution < 1.29 is 0 Å². The van der Waals surface area contributed by atoms with Gasteiger partial charge in [0.2, 0.25) is 0 Å². The van der Waals surface area contributed by atoms with E-state index in [0.29, 0.717) is 6.04 Å². The summed E-state index contributed by atoms with van der Waals surface area (Å²) in [4.78, 5) is 4.44. The molecule has 1 aromatic heterocycles. The molecule has 0 radical (unpaired) electrons. The summed E-state index contributed by atoms with van der Waals surface area (Å²) in [7, 11) is 4.10. The third-order valence-corrected chi connectivity index (χ3v) is 3.86. The van der Waals surface area contributed by atoms with Crippen LogP contribution in [-0.2, 0) is 7.05 Å². The Morgan fingerprint density at radius 3 is 2.26 bits per heavy atom. The van der Waals surface area contributed by atoms with Crippen LogP contribution < -0.4 is 5.32 Å². The zero-order valence-electron chi connectivity index (χ0n) is 13.0. The first-order chi connectivity index (χ1) is 9.29. The Balaban J connectivity index is 2.09. The van der Waals surface area contributed by atoms with Crippen LogP contribution in [0.4, 0.5) is 0 Å². The van der Waals surface area contributed by atoms with Gasteiger partial charge in [0.25, 0.3) is 0 Å². The first-order valence-corrected chi connectivity index (χ1v) is 7.94. The SMILES string of the molecule is CCCCCCCCCCC(NC)c1nccn1C. The molecule has 0 aliphatic carbocycles. The summed E-state index contributed by atoms with van der Waals surface area (Å²) < 4.78 is 2.12. The van der Waals surface area contributed by atoms with E-state index in [9.17, 15) is 0 Å². The second-order valence-electron chi connectivity index (χ2n) is 5.50. The van der Waals surface area contributed by atoms with Crippen LogP contribution in [0.5, 0.6) is 0 Å². The summed E-state index contributed by atoms with van der Waals surface area (Å²) in [6.45, 7) is 2.27. The summed E-state index contributed by atoms with van der Waals surface area (Å²) in [6, 6.07) is 0.403. The molecule has 3 heteroatoms. The molecule has 1 unspecified atom stereocenters. The molecule has 1 N–H and O–H groups in total. The number of unbranched alkanes of at least 4 members (excludes halogenated alkanes) is 7. The number of nitrogens with zero attached hydrogens (tertiary/aromatic N) is 2. The molecule has 0 fully saturated rings. The Morgan fingerprint density at radius 2 is 1.74 bits per heavy atom. The first-order valence-electron chi connectivity index (χ1n) is 7.94. The minimum absolute atomic E-state index is 0.403. The summed E-state index contributed by atoms with van der Waals surface area (Å²) in [5, 5.41) is 3.38. The molecule has 0 saturated heterocycles. The van der Waals surface area contributed by atoms with E-state index >= 15 is 0 Å². The van der Waals surface area contributed by atoms with Crippen LogP contribution in [0, 0.1) is 0 Å². The molecular weight excluding hydrogens is 234 g/mol. The van der Waals surface area contributed by atoms with Crippen molar-refractivity contribution in [3.63, 3.8) is 0 Å². The summed E-state index contributed by atoms with van der Waals surface area (Å²) in [5.74, 6) is 1.16. The van der Waals surface area contributed by atoms with Crippen LogP contribution in [0.15, 0.2) is 12.4 Å². The van der Waals surface area contributed by atoms with Crippen molar-refractivity contribution in [1.82, 2.24) is 14.9 Å². The number of hydrogen-bond donors (Lipinski definition) is 1. The Morgan fingerprint density at radius 1 is 1.11 bits per heavy atom. The molecule has 0 aromatic carbocycles. The summed E-state index contributed by atoms with van der Waals surface area (Å²) in [6.07, 6.45) is 16.1. The van der Waals surface area contributed by atoms with E-state index in [1.54, 1.807) is 0 Å². The number of aromatic nitrogens is 2. The molecule has 1 atom stereocenters. The quantitative estimate of drug-likeness (QED) is 0.607. The molecule has 0 spiro atoms. The van der Waals surface area contributed by atoms with E-state index in [0.717, 1.165) is 5.82 Å². The van der Waals surface area contributed by atoms with Crippen molar-refractivity contribution in [1.29, 1.82) is 0 Å². The van der Waals surface area contributed by atoms with Gasteiger partial charge in [-0.25, -0.2) is 4.98 Å². The Bertz CT molecular complexity index is 320. The van der Waals surface area contributed by atoms with Crippen LogP contribution >= 0.6 is 0 Å². The Labute approximate surface area is 118 Å². The van der Waals surface area contributed by atoms with Crippen LogP contribution in [0.1, 0.15) is 76.6 Å². The number of imidazole rings is 1. The highest BCUT2D eigenvalue weighted by Gasteiger charge is 2.12. The lowest BCUT2D eigenvalue weighted by molar-refractivity contribution is 0.467. The average molecular weight is 265 g/mol. The molecule has 0 bridgehead atoms. The largest absolute Gasteiger partial charge is 0.337 e. The maximum atomic E-state index is 4.44. The zero-order chi connectivity index (χ0) is 13.9. The highest BCUT2D eigenvalue weighted by atomic mass is 15.1. The summed E-state index contributed by atoms with van der Waals surface area (Å²) in [5.41, 5.74) is 0. The fraction of sp³-hybridized carbons (Fsp3) is 0.812. The Kier molecular flexibility index (Phi) is 8.55. The molecule has 19 heavy (non-hydrogen) atoms. The van der Waals surface area contributed by atoms with E-state index in [4.69, 9.17) is 0 Å². The van der Waals surface area contributed by atoms with Gasteiger partial charge in [0.1, 0.15) is 5.82 Å². The maximum absolute atomic E-state index is 4.44. The monoisotopic (exact) mass is 265 g/mol. The lowest BCUT2D eigenvalue weighted by Gasteiger charge is -2.15. The molecule has 0 aliphatic heterocycles. The maximum Gasteiger partial charge on any atom is 0.125 e. The van der Waals surface area contributed by atoms with Crippen LogP contribution in [0.25, 0.3) is 0 Å². The number of aryl methyl sites for hydroxylation is 1. The highest BCUT2D eigenvalue weighted by molar-refractivity contribution is 4.98. The molecular formula is C16H31N3. The van der Waals surface area contributed by atoms with Gasteiger partial charge in [-0.1, -0.05) is 58.3 Å². The third-order valence-electron chi connectivity index (χ3n) is 3.86. The van der Waals surface area contributed by atoms with Crippen LogP contribution in [-0.4, -0.2) is 16.6 Å². The van der Waals surface area contributed by atoms with Gasteiger partial charge in [0.05, 0.1) is 6.04 Å². The standard InChI is InChI=1S/C16H31N3/c1-4-5-6-7-8-9-10-11-12-15(17-2)16-18-13-14-19(16)3/h13-15,17H,4-12H2,1-3H3. The lowest BCUT2D eigenvalue weighted by Crippen LogP contribution is -2.19. The average Bonchev–Trinajstić information content (AvgIpc) is 2.83. The normalized spacial score (nSPS) is 12.8. The van der Waals surface area contributed by atoms with Gasteiger partial charge < -0.3 is 9.88 Å². The highest BCUT2D eigenvalue weighted by Crippen LogP contribution is 2.18. The second kappa shape index (κ2) is 10.0. The lowest BCUT2D eigenvalue weighted by atomic mass is 10.0. The van der Waals surface area contributed by atoms with Gasteiger partial charge in [-0.2, -0.15) is 0 Å².